The first-order chi connectivity index (χ1) is 22.3. The van der Waals surface area contributed by atoms with E-state index in [9.17, 15) is 0 Å². The third-order valence-corrected chi connectivity index (χ3v) is 8.84. The Labute approximate surface area is 260 Å². The van der Waals surface area contributed by atoms with E-state index < -0.39 is 0 Å². The largest absolute Gasteiger partial charge is 0.309 e. The van der Waals surface area contributed by atoms with Crippen LogP contribution in [0.3, 0.4) is 0 Å². The molecule has 0 atom stereocenters. The fourth-order valence-corrected chi connectivity index (χ4v) is 6.98. The lowest BCUT2D eigenvalue weighted by Gasteiger charge is -2.16. The monoisotopic (exact) mass is 576 g/mol. The number of rotatable bonds is 4. The van der Waals surface area contributed by atoms with Gasteiger partial charge >= 0.3 is 0 Å². The molecule has 9 aromatic rings. The number of para-hydroxylation sites is 6. The van der Waals surface area contributed by atoms with Gasteiger partial charge in [-0.2, -0.15) is 0 Å². The third-order valence-electron chi connectivity index (χ3n) is 8.84. The van der Waals surface area contributed by atoms with E-state index in [-0.39, 0.29) is 0 Å². The van der Waals surface area contributed by atoms with Gasteiger partial charge in [-0.3, -0.25) is 0 Å². The highest BCUT2D eigenvalue weighted by atomic mass is 15.0. The molecule has 0 radical (unpaired) electrons. The summed E-state index contributed by atoms with van der Waals surface area (Å²) in [5.41, 5.74) is 10.8. The van der Waals surface area contributed by atoms with E-state index in [1.807, 2.05) is 6.92 Å². The van der Waals surface area contributed by atoms with Crippen LogP contribution >= 0.6 is 0 Å². The Kier molecular flexibility index (Phi) is 5.69. The highest BCUT2D eigenvalue weighted by molar-refractivity contribution is 6.10. The van der Waals surface area contributed by atoms with Gasteiger partial charge in [-0.05, 0) is 49.4 Å². The van der Waals surface area contributed by atoms with Crippen LogP contribution in [-0.4, -0.2) is 19.1 Å². The lowest BCUT2D eigenvalue weighted by Crippen LogP contribution is -2.02. The molecule has 0 amide bonds. The highest BCUT2D eigenvalue weighted by Crippen LogP contribution is 2.38. The maximum Gasteiger partial charge on any atom is 0.126 e. The van der Waals surface area contributed by atoms with Crippen LogP contribution in [0.5, 0.6) is 0 Å². The summed E-state index contributed by atoms with van der Waals surface area (Å²) in [5, 5.41) is 4.95. The maximum absolute atomic E-state index is 5.02. The Morgan fingerprint density at radius 3 is 1.07 bits per heavy atom. The van der Waals surface area contributed by atoms with Crippen LogP contribution in [0.1, 0.15) is 5.82 Å². The zero-order valence-corrected chi connectivity index (χ0v) is 24.7. The van der Waals surface area contributed by atoms with Gasteiger partial charge in [0.15, 0.2) is 0 Å². The summed E-state index contributed by atoms with van der Waals surface area (Å²) in [6.45, 7) is 1.99. The molecule has 45 heavy (non-hydrogen) atoms. The summed E-state index contributed by atoms with van der Waals surface area (Å²) < 4.78 is 4.73. The molecule has 3 aromatic heterocycles. The number of benzene rings is 6. The predicted octanol–water partition coefficient (Wildman–Crippen LogP) is 10.3. The van der Waals surface area contributed by atoms with Crippen LogP contribution in [0, 0.1) is 6.92 Å². The van der Waals surface area contributed by atoms with Crippen LogP contribution in [-0.2, 0) is 0 Å². The normalized spacial score (nSPS) is 11.7. The van der Waals surface area contributed by atoms with Crippen molar-refractivity contribution in [3.63, 3.8) is 0 Å². The van der Waals surface area contributed by atoms with E-state index in [0.717, 1.165) is 39.7 Å². The van der Waals surface area contributed by atoms with Gasteiger partial charge in [-0.15, -0.1) is 0 Å². The molecule has 6 aromatic carbocycles. The Bertz CT molecular complexity index is 2290. The predicted molar refractivity (Wildman–Crippen MR) is 186 cm³/mol. The van der Waals surface area contributed by atoms with Crippen LogP contribution in [0.2, 0.25) is 0 Å². The van der Waals surface area contributed by atoms with Crippen molar-refractivity contribution < 1.29 is 0 Å². The minimum atomic E-state index is 0.733. The average molecular weight is 577 g/mol. The summed E-state index contributed by atoms with van der Waals surface area (Å²) >= 11 is 0. The van der Waals surface area contributed by atoms with Gasteiger partial charge in [0.1, 0.15) is 5.82 Å². The van der Waals surface area contributed by atoms with E-state index in [0.29, 0.717) is 0 Å². The molecule has 0 fully saturated rings. The molecule has 0 saturated carbocycles. The van der Waals surface area contributed by atoms with Crippen molar-refractivity contribution in [3.8, 4) is 33.9 Å². The van der Waals surface area contributed by atoms with Crippen LogP contribution in [0.15, 0.2) is 152 Å². The number of fused-ring (bicyclic) bond motifs is 6. The van der Waals surface area contributed by atoms with Crippen molar-refractivity contribution in [2.24, 2.45) is 0 Å². The molecule has 0 aliphatic carbocycles. The van der Waals surface area contributed by atoms with E-state index in [1.54, 1.807) is 0 Å². The summed E-state index contributed by atoms with van der Waals surface area (Å²) in [5.74, 6) is 0.733. The number of hydrogen-bond donors (Lipinski definition) is 0. The average Bonchev–Trinajstić information content (AvgIpc) is 3.61. The Morgan fingerprint density at radius 1 is 0.378 bits per heavy atom. The van der Waals surface area contributed by atoms with Crippen molar-refractivity contribution in [3.05, 3.63) is 157 Å². The zero-order chi connectivity index (χ0) is 29.9. The van der Waals surface area contributed by atoms with E-state index >= 15 is 0 Å². The fraction of sp³-hybridized carbons (Fsp3) is 0.0244. The highest BCUT2D eigenvalue weighted by Gasteiger charge is 2.19. The van der Waals surface area contributed by atoms with Gasteiger partial charge in [-0.1, -0.05) is 109 Å². The summed E-state index contributed by atoms with van der Waals surface area (Å²) in [6, 6.07) is 53.8. The van der Waals surface area contributed by atoms with Crippen molar-refractivity contribution in [2.75, 3.05) is 0 Å². The van der Waals surface area contributed by atoms with E-state index in [4.69, 9.17) is 9.97 Å². The molecule has 4 nitrogen and oxygen atoms in total. The molecule has 0 bridgehead atoms. The molecule has 0 unspecified atom stereocenters. The summed E-state index contributed by atoms with van der Waals surface area (Å²) in [7, 11) is 0. The van der Waals surface area contributed by atoms with E-state index in [2.05, 4.69) is 161 Å². The molecular weight excluding hydrogens is 548 g/mol. The minimum absolute atomic E-state index is 0.733. The number of aromatic nitrogens is 4. The van der Waals surface area contributed by atoms with Gasteiger partial charge in [0.05, 0.1) is 44.8 Å². The number of hydrogen-bond acceptors (Lipinski definition) is 2. The summed E-state index contributed by atoms with van der Waals surface area (Å²) in [4.78, 5) is 10.0. The molecule has 9 rings (SSSR count). The lowest BCUT2D eigenvalue weighted by molar-refractivity contribution is 1.05. The second-order valence-electron chi connectivity index (χ2n) is 11.5. The third kappa shape index (κ3) is 3.93. The second kappa shape index (κ2) is 10.0. The Balaban J connectivity index is 1.28. The minimum Gasteiger partial charge on any atom is -0.309 e. The number of nitrogens with zero attached hydrogens (tertiary/aromatic N) is 4. The standard InChI is InChI=1S/C41H28N4/c1-27-42-34(32-18-6-12-24-40(32)44-36-20-8-2-14-28(36)29-15-3-9-21-37(29)44)26-35(43-27)33-19-7-13-25-41(33)45-38-22-10-4-16-30(38)31-17-5-11-23-39(31)45/h2-26H,1H3. The van der Waals surface area contributed by atoms with Gasteiger partial charge < -0.3 is 9.13 Å². The molecule has 0 aliphatic rings. The molecule has 0 spiro atoms. The first kappa shape index (κ1) is 25.5. The smallest absolute Gasteiger partial charge is 0.126 e. The topological polar surface area (TPSA) is 35.6 Å². The lowest BCUT2D eigenvalue weighted by atomic mass is 10.0. The first-order valence-corrected chi connectivity index (χ1v) is 15.3. The van der Waals surface area contributed by atoms with Crippen LogP contribution in [0.4, 0.5) is 0 Å². The Hall–Kier alpha value is -6.00. The molecule has 212 valence electrons. The summed E-state index contributed by atoms with van der Waals surface area (Å²) in [6.07, 6.45) is 0. The molecule has 0 N–H and O–H groups in total. The van der Waals surface area contributed by atoms with Gasteiger partial charge in [0.25, 0.3) is 0 Å². The second-order valence-corrected chi connectivity index (χ2v) is 11.5. The molecule has 0 saturated heterocycles. The molecule has 3 heterocycles. The Morgan fingerprint density at radius 2 is 0.689 bits per heavy atom. The van der Waals surface area contributed by atoms with Gasteiger partial charge in [0, 0.05) is 32.7 Å². The first-order valence-electron chi connectivity index (χ1n) is 15.3. The van der Waals surface area contributed by atoms with Crippen molar-refractivity contribution in [1.82, 2.24) is 19.1 Å². The van der Waals surface area contributed by atoms with Crippen molar-refractivity contribution in [2.45, 2.75) is 6.92 Å². The van der Waals surface area contributed by atoms with Crippen LogP contribution < -0.4 is 0 Å². The van der Waals surface area contributed by atoms with Gasteiger partial charge in [0.2, 0.25) is 0 Å². The molecule has 0 aliphatic heterocycles. The van der Waals surface area contributed by atoms with Crippen LogP contribution in [0.25, 0.3) is 77.5 Å². The zero-order valence-electron chi connectivity index (χ0n) is 24.7. The molecule has 4 heteroatoms. The van der Waals surface area contributed by atoms with Crippen molar-refractivity contribution in [1.29, 1.82) is 0 Å². The SMILES string of the molecule is Cc1nc(-c2ccccc2-n2c3ccccc3c3ccccc32)cc(-c2ccccc2-n2c3ccccc3c3ccccc32)n1. The number of aryl methyl sites for hydroxylation is 1. The maximum atomic E-state index is 5.02. The fourth-order valence-electron chi connectivity index (χ4n) is 6.98. The molecular formula is C41H28N4. The quantitative estimate of drug-likeness (QED) is 0.209. The van der Waals surface area contributed by atoms with E-state index in [1.165, 1.54) is 43.6 Å². The van der Waals surface area contributed by atoms with Crippen molar-refractivity contribution >= 4 is 43.6 Å². The van der Waals surface area contributed by atoms with Gasteiger partial charge in [-0.25, -0.2) is 9.97 Å².